The number of carbonyl (C=O) groups excluding carboxylic acids is 1. The normalized spacial score (nSPS) is 16.6. The first-order chi connectivity index (χ1) is 19.4. The molecule has 1 aromatic heterocycles. The van der Waals surface area contributed by atoms with Gasteiger partial charge in [-0.25, -0.2) is 4.39 Å². The number of hydrogen-bond donors (Lipinski definition) is 1. The van der Waals surface area contributed by atoms with E-state index in [1.807, 2.05) is 37.4 Å². The Morgan fingerprint density at radius 2 is 1.51 bits per heavy atom. The van der Waals surface area contributed by atoms with Crippen LogP contribution in [0.3, 0.4) is 0 Å². The van der Waals surface area contributed by atoms with Crippen LogP contribution in [0.25, 0.3) is 32.8 Å². The fourth-order valence-electron chi connectivity index (χ4n) is 6.37. The molecule has 0 spiro atoms. The van der Waals surface area contributed by atoms with Crippen LogP contribution in [-0.2, 0) is 24.9 Å². The van der Waals surface area contributed by atoms with Gasteiger partial charge in [-0.15, -0.1) is 34.9 Å². The fourth-order valence-corrected chi connectivity index (χ4v) is 6.37. The molecule has 0 saturated heterocycles. The van der Waals surface area contributed by atoms with E-state index in [2.05, 4.69) is 30.1 Å². The van der Waals surface area contributed by atoms with Crippen molar-refractivity contribution >= 4 is 27.3 Å². The number of ketones is 1. The van der Waals surface area contributed by atoms with Crippen molar-refractivity contribution < 1.29 is 34.4 Å². The molecule has 3 nitrogen and oxygen atoms in total. The van der Waals surface area contributed by atoms with Crippen LogP contribution < -0.4 is 0 Å². The van der Waals surface area contributed by atoms with Gasteiger partial charge in [-0.05, 0) is 71.1 Å². The van der Waals surface area contributed by atoms with Gasteiger partial charge in [0.05, 0.1) is 5.76 Å². The fraction of sp³-hybridized carbons (Fsp3) is 0.389. The van der Waals surface area contributed by atoms with Crippen molar-refractivity contribution in [3.63, 3.8) is 0 Å². The first kappa shape index (κ1) is 31.1. The third-order valence-electron chi connectivity index (χ3n) is 8.45. The summed E-state index contributed by atoms with van der Waals surface area (Å²) in [6.07, 6.45) is 14.8. The second-order valence-electron chi connectivity index (χ2n) is 11.6. The monoisotopic (exact) mass is 729 g/mol. The molecule has 0 amide bonds. The van der Waals surface area contributed by atoms with Crippen molar-refractivity contribution in [2.75, 3.05) is 0 Å². The van der Waals surface area contributed by atoms with Gasteiger partial charge >= 0.3 is 0 Å². The van der Waals surface area contributed by atoms with Gasteiger partial charge in [0.15, 0.2) is 5.78 Å². The minimum Gasteiger partial charge on any atom is -0.512 e. The van der Waals surface area contributed by atoms with E-state index in [1.165, 1.54) is 50.2 Å². The van der Waals surface area contributed by atoms with Crippen LogP contribution >= 0.6 is 0 Å². The summed E-state index contributed by atoms with van der Waals surface area (Å²) in [6, 6.07) is 18.5. The average Bonchev–Trinajstić information content (AvgIpc) is 2.97. The van der Waals surface area contributed by atoms with Gasteiger partial charge in [0.2, 0.25) is 0 Å². The van der Waals surface area contributed by atoms with Crippen LogP contribution in [0.15, 0.2) is 66.6 Å². The molecule has 0 unspecified atom stereocenters. The van der Waals surface area contributed by atoms with Crippen LogP contribution in [-0.4, -0.2) is 15.9 Å². The van der Waals surface area contributed by atoms with E-state index < -0.39 is 0 Å². The second kappa shape index (κ2) is 14.3. The van der Waals surface area contributed by atoms with Crippen LogP contribution in [0.2, 0.25) is 0 Å². The summed E-state index contributed by atoms with van der Waals surface area (Å²) in [4.78, 5) is 16.6. The summed E-state index contributed by atoms with van der Waals surface area (Å²) >= 11 is 0. The summed E-state index contributed by atoms with van der Waals surface area (Å²) in [5, 5.41) is 14.1. The Balaban J connectivity index is 0.000000193. The third-order valence-corrected chi connectivity index (χ3v) is 8.45. The molecule has 2 saturated carbocycles. The summed E-state index contributed by atoms with van der Waals surface area (Å²) in [5.41, 5.74) is 4.20. The number of carbonyl (C=O) groups is 1. The van der Waals surface area contributed by atoms with Crippen LogP contribution in [0.5, 0.6) is 0 Å². The summed E-state index contributed by atoms with van der Waals surface area (Å²) in [7, 11) is 0. The van der Waals surface area contributed by atoms with Crippen molar-refractivity contribution in [2.24, 2.45) is 11.8 Å². The molecule has 2 aliphatic rings. The van der Waals surface area contributed by atoms with Crippen LogP contribution in [0, 0.1) is 37.6 Å². The van der Waals surface area contributed by atoms with Crippen molar-refractivity contribution in [3.8, 4) is 11.3 Å². The Morgan fingerprint density at radius 3 is 2.20 bits per heavy atom. The molecule has 41 heavy (non-hydrogen) atoms. The van der Waals surface area contributed by atoms with E-state index in [-0.39, 0.29) is 43.5 Å². The minimum absolute atomic E-state index is 0. The zero-order valence-corrected chi connectivity index (χ0v) is 26.4. The number of pyridine rings is 1. The molecule has 3 aromatic carbocycles. The molecule has 5 heteroatoms. The SMILES string of the molecule is Cc1[c-]c(-c2nccc3c2ccc2cc(F)ccc23)cc(C)c1.O=C(/C=C(\O)C1CCCCC1)C1CCCCC1.[Ir]. The molecule has 1 radical (unpaired) electrons. The van der Waals surface area contributed by atoms with Gasteiger partial charge in [0.1, 0.15) is 5.82 Å². The predicted molar refractivity (Wildman–Crippen MR) is 162 cm³/mol. The first-order valence-electron chi connectivity index (χ1n) is 14.8. The molecule has 1 N–H and O–H groups in total. The molecule has 0 atom stereocenters. The average molecular weight is 729 g/mol. The number of aryl methyl sites for hydroxylation is 2. The quantitative estimate of drug-likeness (QED) is 0.0986. The van der Waals surface area contributed by atoms with Crippen molar-refractivity contribution in [3.05, 3.63) is 89.6 Å². The number of aliphatic hydroxyl groups excluding tert-OH is 1. The Hall–Kier alpha value is -2.88. The molecule has 2 aliphatic carbocycles. The molecule has 0 bridgehead atoms. The molecule has 2 fully saturated rings. The van der Waals surface area contributed by atoms with Gasteiger partial charge in [0.25, 0.3) is 0 Å². The van der Waals surface area contributed by atoms with Crippen molar-refractivity contribution in [2.45, 2.75) is 78.1 Å². The number of aliphatic hydroxyl groups is 1. The molecule has 4 aromatic rings. The van der Waals surface area contributed by atoms with Gasteiger partial charge < -0.3 is 10.1 Å². The standard InChI is InChI=1S/C21H15FN.C15H24O2.Ir/c1-13-9-14(2)11-16(10-13)21-20-5-3-15-12-17(22)4-6-18(15)19(20)7-8-23-21;16-14(12-7-3-1-4-8-12)11-15(17)13-9-5-2-6-10-13;/h3-10,12H,1-2H3;11-13,16H,1-10H2;/q-1;;/b;14-11-;. The van der Waals surface area contributed by atoms with Gasteiger partial charge in [-0.2, -0.15) is 0 Å². The topological polar surface area (TPSA) is 50.2 Å². The zero-order chi connectivity index (χ0) is 28.1. The molecular weight excluding hydrogens is 690 g/mol. The van der Waals surface area contributed by atoms with E-state index >= 15 is 0 Å². The number of allylic oxidation sites excluding steroid dienone is 2. The van der Waals surface area contributed by atoms with E-state index in [0.29, 0.717) is 5.76 Å². The predicted octanol–water partition coefficient (Wildman–Crippen LogP) is 9.77. The Labute approximate surface area is 256 Å². The number of nitrogens with zero attached hydrogens (tertiary/aromatic N) is 1. The largest absolute Gasteiger partial charge is 0.512 e. The van der Waals surface area contributed by atoms with Crippen LogP contribution in [0.4, 0.5) is 4.39 Å². The zero-order valence-electron chi connectivity index (χ0n) is 24.0. The maximum Gasteiger partial charge on any atom is 0.162 e. The van der Waals surface area contributed by atoms with E-state index in [4.69, 9.17) is 0 Å². The molecule has 1 heterocycles. The second-order valence-corrected chi connectivity index (χ2v) is 11.6. The summed E-state index contributed by atoms with van der Waals surface area (Å²) < 4.78 is 13.5. The Bertz CT molecular complexity index is 1510. The number of hydrogen-bond acceptors (Lipinski definition) is 3. The summed E-state index contributed by atoms with van der Waals surface area (Å²) in [5.74, 6) is 0.771. The number of fused-ring (bicyclic) bond motifs is 3. The van der Waals surface area contributed by atoms with Crippen molar-refractivity contribution in [1.29, 1.82) is 0 Å². The van der Waals surface area contributed by atoms with Crippen molar-refractivity contribution in [1.82, 2.24) is 4.98 Å². The molecule has 0 aliphatic heterocycles. The smallest absolute Gasteiger partial charge is 0.162 e. The van der Waals surface area contributed by atoms with Gasteiger partial charge in [-0.3, -0.25) is 4.79 Å². The molecule has 6 rings (SSSR count). The number of benzene rings is 3. The Morgan fingerprint density at radius 1 is 0.854 bits per heavy atom. The maximum atomic E-state index is 13.5. The summed E-state index contributed by atoms with van der Waals surface area (Å²) in [6.45, 7) is 4.12. The minimum atomic E-state index is -0.214. The number of aromatic nitrogens is 1. The van der Waals surface area contributed by atoms with Gasteiger partial charge in [0, 0.05) is 44.2 Å². The Kier molecular flexibility index (Phi) is 10.9. The molecule has 217 valence electrons. The molecular formula is C36H39FIrNO2-. The van der Waals surface area contributed by atoms with E-state index in [1.54, 1.807) is 12.1 Å². The third kappa shape index (κ3) is 7.70. The maximum absolute atomic E-state index is 13.5. The van der Waals surface area contributed by atoms with E-state index in [0.717, 1.165) is 64.0 Å². The van der Waals surface area contributed by atoms with Gasteiger partial charge in [-0.1, -0.05) is 70.6 Å². The first-order valence-corrected chi connectivity index (χ1v) is 14.8. The van der Waals surface area contributed by atoms with Crippen LogP contribution in [0.1, 0.15) is 75.3 Å². The number of halogens is 1. The van der Waals surface area contributed by atoms with E-state index in [9.17, 15) is 14.3 Å². The number of rotatable bonds is 4.